The first-order valence-corrected chi connectivity index (χ1v) is 10.4. The molecule has 32 heavy (non-hydrogen) atoms. The molecular weight excluding hydrogens is 414 g/mol. The fourth-order valence-electron chi connectivity index (χ4n) is 4.00. The molecule has 168 valence electrons. The van der Waals surface area contributed by atoms with Gasteiger partial charge in [-0.15, -0.1) is 0 Å². The third-order valence-electron chi connectivity index (χ3n) is 5.34. The van der Waals surface area contributed by atoms with E-state index in [9.17, 15) is 24.3 Å². The van der Waals surface area contributed by atoms with Gasteiger partial charge >= 0.3 is 17.9 Å². The summed E-state index contributed by atoms with van der Waals surface area (Å²) in [4.78, 5) is 49.9. The molecule has 3 rings (SSSR count). The lowest BCUT2D eigenvalue weighted by Gasteiger charge is -2.24. The number of rotatable bonds is 9. The first kappa shape index (κ1) is 23.0. The van der Waals surface area contributed by atoms with Gasteiger partial charge in [-0.05, 0) is 36.1 Å². The number of ether oxygens (including phenoxy) is 2. The fraction of sp³-hybridized carbons (Fsp3) is 0.333. The van der Waals surface area contributed by atoms with Gasteiger partial charge in [-0.3, -0.25) is 14.4 Å². The molecule has 8 heteroatoms. The van der Waals surface area contributed by atoms with Gasteiger partial charge < -0.3 is 19.9 Å². The van der Waals surface area contributed by atoms with Crippen LogP contribution in [0.2, 0.25) is 0 Å². The Morgan fingerprint density at radius 3 is 1.94 bits per heavy atom. The Labute approximate surface area is 185 Å². The topological polar surface area (TPSA) is 119 Å². The molecule has 0 aliphatic heterocycles. The van der Waals surface area contributed by atoms with Gasteiger partial charge in [0.25, 0.3) is 0 Å². The number of nitrogens with one attached hydrogen (secondary N) is 1. The second-order valence-corrected chi connectivity index (χ2v) is 7.30. The first-order chi connectivity index (χ1) is 15.4. The number of hydrogen-bond donors (Lipinski definition) is 2. The van der Waals surface area contributed by atoms with Gasteiger partial charge in [0.1, 0.15) is 6.04 Å². The predicted octanol–water partition coefficient (Wildman–Crippen LogP) is 2.50. The number of fused-ring (bicyclic) bond motifs is 3. The normalized spacial score (nSPS) is 13.9. The minimum absolute atomic E-state index is 0.00181. The summed E-state index contributed by atoms with van der Waals surface area (Å²) >= 11 is 0. The average Bonchev–Trinajstić information content (AvgIpc) is 3.11. The Morgan fingerprint density at radius 2 is 1.44 bits per heavy atom. The van der Waals surface area contributed by atoms with Gasteiger partial charge in [0.15, 0.2) is 0 Å². The average molecular weight is 439 g/mol. The monoisotopic (exact) mass is 439 g/mol. The van der Waals surface area contributed by atoms with E-state index < -0.39 is 48.1 Å². The van der Waals surface area contributed by atoms with E-state index in [0.29, 0.717) is 0 Å². The van der Waals surface area contributed by atoms with Crippen molar-refractivity contribution in [2.24, 2.45) is 5.92 Å². The Hall–Kier alpha value is -3.68. The van der Waals surface area contributed by atoms with Gasteiger partial charge in [0.05, 0.1) is 31.5 Å². The number of carbonyl (C=O) groups excluding carboxylic acids is 3. The van der Waals surface area contributed by atoms with Crippen molar-refractivity contribution in [3.05, 3.63) is 59.7 Å². The Morgan fingerprint density at radius 1 is 0.906 bits per heavy atom. The summed E-state index contributed by atoms with van der Waals surface area (Å²) in [5, 5.41) is 12.3. The van der Waals surface area contributed by atoms with Crippen LogP contribution >= 0.6 is 0 Å². The first-order valence-electron chi connectivity index (χ1n) is 10.4. The highest BCUT2D eigenvalue weighted by molar-refractivity contribution is 5.98. The van der Waals surface area contributed by atoms with Crippen molar-refractivity contribution in [1.82, 2.24) is 5.32 Å². The zero-order valence-electron chi connectivity index (χ0n) is 17.9. The van der Waals surface area contributed by atoms with Crippen LogP contribution < -0.4 is 5.32 Å². The highest BCUT2D eigenvalue weighted by Gasteiger charge is 2.41. The van der Waals surface area contributed by atoms with Crippen LogP contribution in [-0.4, -0.2) is 48.2 Å². The lowest BCUT2D eigenvalue weighted by atomic mass is 9.92. The molecule has 0 radical (unpaired) electrons. The lowest BCUT2D eigenvalue weighted by molar-refractivity contribution is -0.160. The molecule has 0 aromatic heterocycles. The maximum atomic E-state index is 13.3. The van der Waals surface area contributed by atoms with Crippen molar-refractivity contribution in [3.63, 3.8) is 0 Å². The van der Waals surface area contributed by atoms with Gasteiger partial charge in [-0.2, -0.15) is 0 Å². The summed E-state index contributed by atoms with van der Waals surface area (Å²) in [6, 6.07) is 13.1. The molecule has 0 saturated carbocycles. The van der Waals surface area contributed by atoms with Crippen molar-refractivity contribution in [2.45, 2.75) is 32.2 Å². The van der Waals surface area contributed by atoms with Gasteiger partial charge in [0.2, 0.25) is 5.91 Å². The fourth-order valence-corrected chi connectivity index (χ4v) is 4.00. The molecule has 0 saturated heterocycles. The molecule has 1 amide bonds. The van der Waals surface area contributed by atoms with Gasteiger partial charge in [-0.25, -0.2) is 4.79 Å². The van der Waals surface area contributed by atoms with Crippen LogP contribution in [-0.2, 0) is 28.7 Å². The summed E-state index contributed by atoms with van der Waals surface area (Å²) in [5.41, 5.74) is 3.27. The number of carboxylic acids is 1. The summed E-state index contributed by atoms with van der Waals surface area (Å²) in [6.07, 6.45) is -0.526. The highest BCUT2D eigenvalue weighted by Crippen LogP contribution is 2.44. The molecule has 0 fully saturated rings. The zero-order valence-corrected chi connectivity index (χ0v) is 17.9. The molecule has 0 unspecified atom stereocenters. The van der Waals surface area contributed by atoms with Crippen LogP contribution in [0, 0.1) is 5.92 Å². The number of carbonyl (C=O) groups is 4. The van der Waals surface area contributed by atoms with E-state index in [-0.39, 0.29) is 13.2 Å². The van der Waals surface area contributed by atoms with E-state index in [1.807, 2.05) is 48.5 Å². The molecular formula is C24H25NO7. The number of esters is 2. The smallest absolute Gasteiger partial charge is 0.327 e. The van der Waals surface area contributed by atoms with Crippen molar-refractivity contribution in [2.75, 3.05) is 13.2 Å². The van der Waals surface area contributed by atoms with Gasteiger partial charge in [0, 0.05) is 0 Å². The second-order valence-electron chi connectivity index (χ2n) is 7.30. The van der Waals surface area contributed by atoms with Crippen molar-refractivity contribution >= 4 is 23.8 Å². The third kappa shape index (κ3) is 4.64. The number of carboxylic acid groups (broad SMARTS) is 1. The molecule has 2 N–H and O–H groups in total. The lowest BCUT2D eigenvalue weighted by Crippen LogP contribution is -2.51. The zero-order chi connectivity index (χ0) is 23.3. The van der Waals surface area contributed by atoms with Crippen LogP contribution in [0.5, 0.6) is 0 Å². The van der Waals surface area contributed by atoms with E-state index in [1.54, 1.807) is 13.8 Å². The molecule has 0 bridgehead atoms. The Bertz CT molecular complexity index is 987. The van der Waals surface area contributed by atoms with Crippen LogP contribution in [0.4, 0.5) is 0 Å². The maximum absolute atomic E-state index is 13.3. The predicted molar refractivity (Wildman–Crippen MR) is 115 cm³/mol. The maximum Gasteiger partial charge on any atom is 0.327 e. The Balaban J connectivity index is 1.92. The molecule has 2 aromatic rings. The number of benzene rings is 2. The molecule has 8 nitrogen and oxygen atoms in total. The van der Waals surface area contributed by atoms with E-state index in [4.69, 9.17) is 9.47 Å². The SMILES string of the molecule is CCOC(=O)C[C@@H](C(=O)OCC)[C@@H](NC(=O)C1c2ccccc2-c2ccccc21)C(=O)O. The summed E-state index contributed by atoms with van der Waals surface area (Å²) < 4.78 is 9.85. The van der Waals surface area contributed by atoms with Crippen LogP contribution in [0.3, 0.4) is 0 Å². The Kier molecular flexibility index (Phi) is 7.25. The molecule has 1 aliphatic carbocycles. The summed E-state index contributed by atoms with van der Waals surface area (Å²) in [7, 11) is 0. The van der Waals surface area contributed by atoms with E-state index >= 15 is 0 Å². The minimum Gasteiger partial charge on any atom is -0.480 e. The molecule has 0 heterocycles. The quantitative estimate of drug-likeness (QED) is 0.576. The summed E-state index contributed by atoms with van der Waals surface area (Å²) in [6.45, 7) is 3.25. The minimum atomic E-state index is -1.66. The number of hydrogen-bond acceptors (Lipinski definition) is 6. The van der Waals surface area contributed by atoms with E-state index in [0.717, 1.165) is 22.3 Å². The molecule has 2 aromatic carbocycles. The highest BCUT2D eigenvalue weighted by atomic mass is 16.5. The van der Waals surface area contributed by atoms with Crippen LogP contribution in [0.15, 0.2) is 48.5 Å². The molecule has 1 aliphatic rings. The largest absolute Gasteiger partial charge is 0.480 e. The van der Waals surface area contributed by atoms with Crippen LogP contribution in [0.25, 0.3) is 11.1 Å². The van der Waals surface area contributed by atoms with E-state index in [1.165, 1.54) is 0 Å². The van der Waals surface area contributed by atoms with Crippen molar-refractivity contribution in [3.8, 4) is 11.1 Å². The van der Waals surface area contributed by atoms with Crippen molar-refractivity contribution in [1.29, 1.82) is 0 Å². The van der Waals surface area contributed by atoms with Crippen LogP contribution in [0.1, 0.15) is 37.3 Å². The summed E-state index contributed by atoms with van der Waals surface area (Å²) in [5.74, 6) is -5.83. The molecule has 0 spiro atoms. The number of amides is 1. The second kappa shape index (κ2) is 10.1. The van der Waals surface area contributed by atoms with Gasteiger partial charge in [-0.1, -0.05) is 48.5 Å². The van der Waals surface area contributed by atoms with E-state index in [2.05, 4.69) is 5.32 Å². The van der Waals surface area contributed by atoms with Crippen molar-refractivity contribution < 1.29 is 33.8 Å². The standard InChI is InChI=1S/C24H25NO7/c1-3-31-19(26)13-18(24(30)32-4-2)21(23(28)29)25-22(27)20-16-11-7-5-9-14(16)15-10-6-8-12-17(15)20/h5-12,18,20-21H,3-4,13H2,1-2H3,(H,25,27)(H,28,29)/t18-,21-/m1/s1. The third-order valence-corrected chi connectivity index (χ3v) is 5.34. The number of aliphatic carboxylic acids is 1. The molecule has 2 atom stereocenters.